The summed E-state index contributed by atoms with van der Waals surface area (Å²) in [6.07, 6.45) is 0.808. The molecule has 0 N–H and O–H groups in total. The Balaban J connectivity index is 1.78. The summed E-state index contributed by atoms with van der Waals surface area (Å²) in [5.74, 6) is -0.511. The van der Waals surface area contributed by atoms with Gasteiger partial charge in [0.25, 0.3) is 0 Å². The molecule has 0 bridgehead atoms. The van der Waals surface area contributed by atoms with Gasteiger partial charge in [0.05, 0.1) is 12.8 Å². The summed E-state index contributed by atoms with van der Waals surface area (Å²) >= 11 is 0. The van der Waals surface area contributed by atoms with Crippen LogP contribution in [0.15, 0.2) is 0 Å². The molecule has 0 aromatic rings. The molecule has 2 rings (SSSR count). The lowest BCUT2D eigenvalue weighted by Crippen LogP contribution is -2.21. The van der Waals surface area contributed by atoms with Crippen molar-refractivity contribution >= 4 is 11.9 Å². The molecule has 5 heteroatoms. The first-order valence-electron chi connectivity index (χ1n) is 4.28. The third kappa shape index (κ3) is 1.98. The zero-order valence-electron chi connectivity index (χ0n) is 7.02. The molecule has 0 spiro atoms. The van der Waals surface area contributed by atoms with Gasteiger partial charge < -0.3 is 14.2 Å². The highest BCUT2D eigenvalue weighted by Gasteiger charge is 2.31. The van der Waals surface area contributed by atoms with E-state index in [4.69, 9.17) is 14.2 Å². The SMILES string of the molecule is O=C1CCC(OC2CCC(=O)O2)O1. The van der Waals surface area contributed by atoms with Crippen molar-refractivity contribution < 1.29 is 23.8 Å². The zero-order valence-corrected chi connectivity index (χ0v) is 7.02. The first kappa shape index (κ1) is 8.50. The Labute approximate surface area is 74.9 Å². The average molecular weight is 186 g/mol. The van der Waals surface area contributed by atoms with Crippen molar-refractivity contribution in [1.29, 1.82) is 0 Å². The molecular formula is C8H10O5. The van der Waals surface area contributed by atoms with Gasteiger partial charge in [-0.05, 0) is 0 Å². The van der Waals surface area contributed by atoms with Gasteiger partial charge in [-0.1, -0.05) is 0 Å². The predicted molar refractivity (Wildman–Crippen MR) is 39.3 cm³/mol. The van der Waals surface area contributed by atoms with E-state index in [0.29, 0.717) is 25.7 Å². The van der Waals surface area contributed by atoms with Crippen LogP contribution in [0.4, 0.5) is 0 Å². The van der Waals surface area contributed by atoms with E-state index in [-0.39, 0.29) is 11.9 Å². The van der Waals surface area contributed by atoms with Gasteiger partial charge in [-0.2, -0.15) is 0 Å². The fourth-order valence-corrected chi connectivity index (χ4v) is 1.36. The summed E-state index contributed by atoms with van der Waals surface area (Å²) in [5.41, 5.74) is 0. The number of ether oxygens (including phenoxy) is 3. The Bertz CT molecular complexity index is 213. The zero-order chi connectivity index (χ0) is 9.26. The molecule has 0 aliphatic carbocycles. The van der Waals surface area contributed by atoms with Crippen LogP contribution in [0, 0.1) is 0 Å². The maximum Gasteiger partial charge on any atom is 0.308 e. The van der Waals surface area contributed by atoms with E-state index < -0.39 is 12.6 Å². The second-order valence-corrected chi connectivity index (χ2v) is 3.05. The molecule has 5 nitrogen and oxygen atoms in total. The van der Waals surface area contributed by atoms with E-state index in [1.54, 1.807) is 0 Å². The summed E-state index contributed by atoms with van der Waals surface area (Å²) < 4.78 is 14.8. The highest BCUT2D eigenvalue weighted by molar-refractivity contribution is 5.71. The molecular weight excluding hydrogens is 176 g/mol. The lowest BCUT2D eigenvalue weighted by atomic mass is 10.3. The second kappa shape index (κ2) is 3.33. The van der Waals surface area contributed by atoms with Crippen LogP contribution in [0.3, 0.4) is 0 Å². The molecule has 0 saturated carbocycles. The third-order valence-electron chi connectivity index (χ3n) is 2.00. The van der Waals surface area contributed by atoms with Gasteiger partial charge in [0, 0.05) is 12.8 Å². The lowest BCUT2D eigenvalue weighted by Gasteiger charge is -2.14. The van der Waals surface area contributed by atoms with Crippen molar-refractivity contribution in [3.63, 3.8) is 0 Å². The summed E-state index contributed by atoms with van der Waals surface area (Å²) in [7, 11) is 0. The first-order valence-corrected chi connectivity index (χ1v) is 4.28. The van der Waals surface area contributed by atoms with Gasteiger partial charge in [-0.3, -0.25) is 9.59 Å². The molecule has 0 radical (unpaired) electrons. The molecule has 13 heavy (non-hydrogen) atoms. The maximum absolute atomic E-state index is 10.7. The van der Waals surface area contributed by atoms with Crippen LogP contribution >= 0.6 is 0 Å². The Hall–Kier alpha value is -1.10. The van der Waals surface area contributed by atoms with E-state index >= 15 is 0 Å². The lowest BCUT2D eigenvalue weighted by molar-refractivity contribution is -0.214. The Morgan fingerprint density at radius 2 is 1.46 bits per heavy atom. The van der Waals surface area contributed by atoms with Crippen LogP contribution in [-0.2, 0) is 23.8 Å². The van der Waals surface area contributed by atoms with Crippen molar-refractivity contribution in [2.24, 2.45) is 0 Å². The van der Waals surface area contributed by atoms with Gasteiger partial charge in [-0.15, -0.1) is 0 Å². The molecule has 0 amide bonds. The fraction of sp³-hybridized carbons (Fsp3) is 0.750. The second-order valence-electron chi connectivity index (χ2n) is 3.05. The minimum absolute atomic E-state index is 0.255. The highest BCUT2D eigenvalue weighted by atomic mass is 16.8. The Kier molecular flexibility index (Phi) is 2.18. The van der Waals surface area contributed by atoms with E-state index in [2.05, 4.69) is 0 Å². The molecule has 2 fully saturated rings. The topological polar surface area (TPSA) is 61.8 Å². The molecule has 0 aromatic carbocycles. The first-order chi connectivity index (χ1) is 6.24. The number of hydrogen-bond acceptors (Lipinski definition) is 5. The molecule has 2 unspecified atom stereocenters. The van der Waals surface area contributed by atoms with Crippen molar-refractivity contribution in [2.75, 3.05) is 0 Å². The van der Waals surface area contributed by atoms with Crippen LogP contribution in [0.2, 0.25) is 0 Å². The number of carbonyl (C=O) groups is 2. The fourth-order valence-electron chi connectivity index (χ4n) is 1.36. The average Bonchev–Trinajstić information content (AvgIpc) is 2.62. The van der Waals surface area contributed by atoms with Crippen molar-refractivity contribution in [3.8, 4) is 0 Å². The van der Waals surface area contributed by atoms with E-state index in [1.165, 1.54) is 0 Å². The summed E-state index contributed by atoms with van der Waals surface area (Å²) in [6, 6.07) is 0. The number of cyclic esters (lactones) is 2. The monoisotopic (exact) mass is 186 g/mol. The number of hydrogen-bond donors (Lipinski definition) is 0. The molecule has 2 atom stereocenters. The van der Waals surface area contributed by atoms with E-state index in [1.807, 2.05) is 0 Å². The Morgan fingerprint density at radius 3 is 1.77 bits per heavy atom. The third-order valence-corrected chi connectivity index (χ3v) is 2.00. The number of rotatable bonds is 2. The van der Waals surface area contributed by atoms with E-state index in [0.717, 1.165) is 0 Å². The molecule has 0 aromatic heterocycles. The molecule has 2 saturated heterocycles. The largest absolute Gasteiger partial charge is 0.436 e. The van der Waals surface area contributed by atoms with E-state index in [9.17, 15) is 9.59 Å². The summed E-state index contributed by atoms with van der Waals surface area (Å²) in [5, 5.41) is 0. The maximum atomic E-state index is 10.7. The van der Waals surface area contributed by atoms with Crippen LogP contribution in [0.1, 0.15) is 25.7 Å². The smallest absolute Gasteiger partial charge is 0.308 e. The molecule has 2 aliphatic rings. The normalized spacial score (nSPS) is 33.2. The van der Waals surface area contributed by atoms with Crippen molar-refractivity contribution in [2.45, 2.75) is 38.3 Å². The molecule has 2 aliphatic heterocycles. The predicted octanol–water partition coefficient (Wildman–Crippen LogP) is 0.329. The van der Waals surface area contributed by atoms with Crippen LogP contribution in [0.5, 0.6) is 0 Å². The molecule has 72 valence electrons. The minimum Gasteiger partial charge on any atom is -0.436 e. The summed E-state index contributed by atoms with van der Waals surface area (Å²) in [4.78, 5) is 21.4. The van der Waals surface area contributed by atoms with Gasteiger partial charge in [0.15, 0.2) is 0 Å². The highest BCUT2D eigenvalue weighted by Crippen LogP contribution is 2.22. The number of esters is 2. The molecule has 2 heterocycles. The van der Waals surface area contributed by atoms with Gasteiger partial charge in [0.2, 0.25) is 12.6 Å². The van der Waals surface area contributed by atoms with Crippen LogP contribution < -0.4 is 0 Å². The minimum atomic E-state index is -0.525. The standard InChI is InChI=1S/C8H10O5/c9-5-1-3-7(11-5)13-8-4-2-6(10)12-8/h7-8H,1-4H2. The van der Waals surface area contributed by atoms with Gasteiger partial charge in [-0.25, -0.2) is 0 Å². The Morgan fingerprint density at radius 1 is 1.00 bits per heavy atom. The number of carbonyl (C=O) groups excluding carboxylic acids is 2. The van der Waals surface area contributed by atoms with Crippen LogP contribution in [-0.4, -0.2) is 24.5 Å². The van der Waals surface area contributed by atoms with Gasteiger partial charge in [0.1, 0.15) is 0 Å². The van der Waals surface area contributed by atoms with Crippen molar-refractivity contribution in [3.05, 3.63) is 0 Å². The quantitative estimate of drug-likeness (QED) is 0.581. The van der Waals surface area contributed by atoms with Crippen LogP contribution in [0.25, 0.3) is 0 Å². The van der Waals surface area contributed by atoms with Crippen molar-refractivity contribution in [1.82, 2.24) is 0 Å². The van der Waals surface area contributed by atoms with Gasteiger partial charge >= 0.3 is 11.9 Å². The summed E-state index contributed by atoms with van der Waals surface area (Å²) in [6.45, 7) is 0.